The first-order chi connectivity index (χ1) is 10.0. The van der Waals surface area contributed by atoms with Gasteiger partial charge in [-0.15, -0.1) is 0 Å². The smallest absolute Gasteiger partial charge is 0.311 e. The second-order valence-electron chi connectivity index (χ2n) is 4.61. The highest BCUT2D eigenvalue weighted by Gasteiger charge is 2.24. The second-order valence-corrected chi connectivity index (χ2v) is 5.05. The van der Waals surface area contributed by atoms with Gasteiger partial charge >= 0.3 is 5.97 Å². The van der Waals surface area contributed by atoms with Crippen LogP contribution in [0.1, 0.15) is 17.0 Å². The van der Waals surface area contributed by atoms with Gasteiger partial charge in [0, 0.05) is 10.6 Å². The Hall–Kier alpha value is -2.07. The molecule has 1 N–H and O–H groups in total. The molecule has 21 heavy (non-hydrogen) atoms. The van der Waals surface area contributed by atoms with Gasteiger partial charge in [0.2, 0.25) is 0 Å². The topological polar surface area (TPSA) is 46.5 Å². The van der Waals surface area contributed by atoms with Crippen molar-refractivity contribution in [1.29, 1.82) is 0 Å². The molecule has 0 amide bonds. The fraction of sp³-hybridized carbons (Fsp3) is 0.188. The first kappa shape index (κ1) is 15.3. The van der Waals surface area contributed by atoms with Crippen LogP contribution >= 0.6 is 11.6 Å². The largest absolute Gasteiger partial charge is 0.496 e. The van der Waals surface area contributed by atoms with E-state index in [9.17, 15) is 14.3 Å². The molecule has 0 spiro atoms. The zero-order chi connectivity index (χ0) is 15.4. The van der Waals surface area contributed by atoms with Gasteiger partial charge in [-0.2, -0.15) is 0 Å². The predicted molar refractivity (Wildman–Crippen MR) is 78.5 cm³/mol. The van der Waals surface area contributed by atoms with Crippen LogP contribution in [0.25, 0.3) is 0 Å². The van der Waals surface area contributed by atoms with Gasteiger partial charge in [-0.1, -0.05) is 23.7 Å². The van der Waals surface area contributed by atoms with Crippen LogP contribution in [-0.2, 0) is 11.2 Å². The molecule has 2 aromatic carbocycles. The van der Waals surface area contributed by atoms with E-state index in [2.05, 4.69) is 0 Å². The van der Waals surface area contributed by atoms with E-state index in [1.807, 2.05) is 0 Å². The highest BCUT2D eigenvalue weighted by molar-refractivity contribution is 6.30. The number of halogens is 2. The van der Waals surface area contributed by atoms with Crippen molar-refractivity contribution in [2.75, 3.05) is 7.11 Å². The fourth-order valence-corrected chi connectivity index (χ4v) is 2.42. The quantitative estimate of drug-likeness (QED) is 0.911. The van der Waals surface area contributed by atoms with E-state index in [1.165, 1.54) is 25.3 Å². The Kier molecular flexibility index (Phi) is 4.81. The van der Waals surface area contributed by atoms with Crippen LogP contribution in [0.5, 0.6) is 5.75 Å². The van der Waals surface area contributed by atoms with Crippen molar-refractivity contribution in [1.82, 2.24) is 0 Å². The van der Waals surface area contributed by atoms with Gasteiger partial charge in [-0.3, -0.25) is 4.79 Å². The molecule has 0 radical (unpaired) electrons. The molecule has 5 heteroatoms. The normalized spacial score (nSPS) is 12.0. The Bertz CT molecular complexity index is 658. The lowest BCUT2D eigenvalue weighted by atomic mass is 9.91. The Balaban J connectivity index is 2.40. The summed E-state index contributed by atoms with van der Waals surface area (Å²) in [5, 5.41) is 9.99. The molecule has 0 bridgehead atoms. The maximum absolute atomic E-state index is 13.4. The molecule has 0 aliphatic heterocycles. The molecule has 2 aromatic rings. The third-order valence-electron chi connectivity index (χ3n) is 3.19. The zero-order valence-corrected chi connectivity index (χ0v) is 12.1. The molecule has 0 saturated heterocycles. The SMILES string of the molecule is COc1ccc(F)cc1C(Cc1cccc(Cl)c1)C(=O)O. The number of hydrogen-bond donors (Lipinski definition) is 1. The van der Waals surface area contributed by atoms with Crippen LogP contribution in [0.2, 0.25) is 5.02 Å². The van der Waals surface area contributed by atoms with Crippen LogP contribution in [0.3, 0.4) is 0 Å². The molecule has 110 valence electrons. The zero-order valence-electron chi connectivity index (χ0n) is 11.3. The fourth-order valence-electron chi connectivity index (χ4n) is 2.21. The maximum atomic E-state index is 13.4. The summed E-state index contributed by atoms with van der Waals surface area (Å²) in [7, 11) is 1.43. The Morgan fingerprint density at radius 1 is 1.33 bits per heavy atom. The highest BCUT2D eigenvalue weighted by atomic mass is 35.5. The van der Waals surface area contributed by atoms with Gasteiger partial charge in [0.15, 0.2) is 0 Å². The van der Waals surface area contributed by atoms with Crippen molar-refractivity contribution in [3.63, 3.8) is 0 Å². The van der Waals surface area contributed by atoms with Gasteiger partial charge in [0.25, 0.3) is 0 Å². The summed E-state index contributed by atoms with van der Waals surface area (Å²) in [6, 6.07) is 10.8. The highest BCUT2D eigenvalue weighted by Crippen LogP contribution is 2.31. The lowest BCUT2D eigenvalue weighted by molar-refractivity contribution is -0.138. The molecule has 0 aromatic heterocycles. The summed E-state index contributed by atoms with van der Waals surface area (Å²) < 4.78 is 18.6. The van der Waals surface area contributed by atoms with E-state index >= 15 is 0 Å². The first-order valence-electron chi connectivity index (χ1n) is 6.32. The van der Waals surface area contributed by atoms with Crippen LogP contribution in [0.15, 0.2) is 42.5 Å². The third kappa shape index (κ3) is 3.73. The molecule has 1 unspecified atom stereocenters. The summed E-state index contributed by atoms with van der Waals surface area (Å²) in [6.07, 6.45) is 0.204. The minimum atomic E-state index is -1.04. The van der Waals surface area contributed by atoms with Crippen LogP contribution in [-0.4, -0.2) is 18.2 Å². The Morgan fingerprint density at radius 2 is 2.10 bits per heavy atom. The molecule has 0 aliphatic rings. The summed E-state index contributed by atoms with van der Waals surface area (Å²) >= 11 is 5.91. The predicted octanol–water partition coefficient (Wildman–Crippen LogP) is 3.90. The van der Waals surface area contributed by atoms with E-state index in [1.54, 1.807) is 24.3 Å². The average Bonchev–Trinajstić information content (AvgIpc) is 2.44. The van der Waals surface area contributed by atoms with E-state index < -0.39 is 17.7 Å². The summed E-state index contributed by atoms with van der Waals surface area (Å²) in [5.74, 6) is -2.10. The molecule has 0 fully saturated rings. The molecule has 0 heterocycles. The van der Waals surface area contributed by atoms with Gasteiger partial charge in [0.05, 0.1) is 13.0 Å². The number of hydrogen-bond acceptors (Lipinski definition) is 2. The van der Waals surface area contributed by atoms with Crippen LogP contribution in [0, 0.1) is 5.82 Å². The lowest BCUT2D eigenvalue weighted by Crippen LogP contribution is -2.15. The standard InChI is InChI=1S/C16H14ClFO3/c1-21-15-6-5-12(18)9-13(15)14(16(19)20)8-10-3-2-4-11(17)7-10/h2-7,9,14H,8H2,1H3,(H,19,20). The van der Waals surface area contributed by atoms with Gasteiger partial charge in [0.1, 0.15) is 11.6 Å². The van der Waals surface area contributed by atoms with Crippen molar-refractivity contribution < 1.29 is 19.0 Å². The number of ether oxygens (including phenoxy) is 1. The van der Waals surface area contributed by atoms with E-state index in [4.69, 9.17) is 16.3 Å². The van der Waals surface area contributed by atoms with E-state index in [-0.39, 0.29) is 6.42 Å². The number of benzene rings is 2. The number of carbonyl (C=O) groups is 1. The Morgan fingerprint density at radius 3 is 2.71 bits per heavy atom. The number of carboxylic acids is 1. The van der Waals surface area contributed by atoms with Crippen molar-refractivity contribution in [3.8, 4) is 5.75 Å². The molecule has 3 nitrogen and oxygen atoms in total. The van der Waals surface area contributed by atoms with Crippen molar-refractivity contribution in [2.45, 2.75) is 12.3 Å². The second kappa shape index (κ2) is 6.59. The summed E-state index contributed by atoms with van der Waals surface area (Å²) in [6.45, 7) is 0. The lowest BCUT2D eigenvalue weighted by Gasteiger charge is -2.16. The van der Waals surface area contributed by atoms with Gasteiger partial charge in [-0.25, -0.2) is 4.39 Å². The number of rotatable bonds is 5. The summed E-state index contributed by atoms with van der Waals surface area (Å²) in [5.41, 5.74) is 1.08. The number of methoxy groups -OCH3 is 1. The summed E-state index contributed by atoms with van der Waals surface area (Å²) in [4.78, 5) is 11.6. The van der Waals surface area contributed by atoms with E-state index in [0.29, 0.717) is 16.3 Å². The molecule has 2 rings (SSSR count). The molecular weight excluding hydrogens is 295 g/mol. The van der Waals surface area contributed by atoms with Gasteiger partial charge < -0.3 is 9.84 Å². The minimum Gasteiger partial charge on any atom is -0.496 e. The molecular formula is C16H14ClFO3. The van der Waals surface area contributed by atoms with E-state index in [0.717, 1.165) is 5.56 Å². The first-order valence-corrected chi connectivity index (χ1v) is 6.69. The van der Waals surface area contributed by atoms with Crippen LogP contribution < -0.4 is 4.74 Å². The average molecular weight is 309 g/mol. The monoisotopic (exact) mass is 308 g/mol. The van der Waals surface area contributed by atoms with Gasteiger partial charge in [-0.05, 0) is 42.3 Å². The van der Waals surface area contributed by atoms with Crippen LogP contribution in [0.4, 0.5) is 4.39 Å². The minimum absolute atomic E-state index is 0.204. The number of aliphatic carboxylic acids is 1. The number of carboxylic acid groups (broad SMARTS) is 1. The third-order valence-corrected chi connectivity index (χ3v) is 3.43. The van der Waals surface area contributed by atoms with Crippen molar-refractivity contribution in [2.24, 2.45) is 0 Å². The Labute approximate surface area is 126 Å². The molecule has 0 aliphatic carbocycles. The maximum Gasteiger partial charge on any atom is 0.311 e. The molecule has 0 saturated carbocycles. The van der Waals surface area contributed by atoms with Crippen molar-refractivity contribution in [3.05, 3.63) is 64.4 Å². The molecule has 1 atom stereocenters. The van der Waals surface area contributed by atoms with Crippen molar-refractivity contribution >= 4 is 17.6 Å².